The quantitative estimate of drug-likeness (QED) is 0.480. The van der Waals surface area contributed by atoms with E-state index in [4.69, 9.17) is 9.72 Å². The summed E-state index contributed by atoms with van der Waals surface area (Å²) in [5.41, 5.74) is 5.90. The van der Waals surface area contributed by atoms with Crippen molar-refractivity contribution < 1.29 is 14.3 Å². The second-order valence-electron chi connectivity index (χ2n) is 7.09. The van der Waals surface area contributed by atoms with Crippen LogP contribution in [-0.2, 0) is 11.3 Å². The van der Waals surface area contributed by atoms with Gasteiger partial charge in [0.1, 0.15) is 5.82 Å². The van der Waals surface area contributed by atoms with Crippen LogP contribution in [0.3, 0.4) is 0 Å². The van der Waals surface area contributed by atoms with Crippen LogP contribution in [-0.4, -0.2) is 28.4 Å². The molecule has 1 aliphatic rings. The number of imidazole rings is 1. The lowest BCUT2D eigenvalue weighted by atomic mass is 10.0. The van der Waals surface area contributed by atoms with Crippen molar-refractivity contribution in [2.24, 2.45) is 0 Å². The smallest absolute Gasteiger partial charge is 0.337 e. The zero-order chi connectivity index (χ0) is 20.0. The second kappa shape index (κ2) is 6.71. The summed E-state index contributed by atoms with van der Waals surface area (Å²) in [5, 5.41) is 0. The molecule has 5 rings (SSSR count). The molecule has 1 aromatic heterocycles. The minimum Gasteiger partial charge on any atom is -0.465 e. The molecule has 0 radical (unpaired) electrons. The Balaban J connectivity index is 1.64. The molecule has 0 fully saturated rings. The maximum atomic E-state index is 12.3. The molecule has 4 aromatic rings. The van der Waals surface area contributed by atoms with Crippen LogP contribution in [0.2, 0.25) is 0 Å². The van der Waals surface area contributed by atoms with Crippen molar-refractivity contribution in [3.8, 4) is 22.5 Å². The molecule has 0 N–H and O–H groups in total. The number of aryl methyl sites for hydroxylation is 1. The number of aromatic nitrogens is 2. The van der Waals surface area contributed by atoms with Crippen LogP contribution in [0.1, 0.15) is 27.1 Å². The predicted molar refractivity (Wildman–Crippen MR) is 111 cm³/mol. The fourth-order valence-corrected chi connectivity index (χ4v) is 3.98. The average molecular weight is 382 g/mol. The van der Waals surface area contributed by atoms with Gasteiger partial charge in [-0.05, 0) is 41.5 Å². The van der Waals surface area contributed by atoms with Crippen LogP contribution >= 0.6 is 0 Å². The Morgan fingerprint density at radius 3 is 2.52 bits per heavy atom. The van der Waals surface area contributed by atoms with Crippen LogP contribution in [0.4, 0.5) is 0 Å². The Morgan fingerprint density at radius 2 is 1.69 bits per heavy atom. The van der Waals surface area contributed by atoms with Crippen molar-refractivity contribution >= 4 is 22.8 Å². The van der Waals surface area contributed by atoms with Crippen molar-refractivity contribution in [1.29, 1.82) is 0 Å². The van der Waals surface area contributed by atoms with E-state index in [0.717, 1.165) is 39.1 Å². The molecule has 29 heavy (non-hydrogen) atoms. The van der Waals surface area contributed by atoms with Crippen molar-refractivity contribution in [2.45, 2.75) is 13.0 Å². The van der Waals surface area contributed by atoms with Crippen LogP contribution in [0, 0.1) is 0 Å². The molecule has 0 saturated carbocycles. The number of ether oxygens (including phenoxy) is 1. The number of carbonyl (C=O) groups excluding carboxylic acids is 2. The lowest BCUT2D eigenvalue weighted by molar-refractivity contribution is 0.0600. The van der Waals surface area contributed by atoms with Crippen molar-refractivity contribution in [3.63, 3.8) is 0 Å². The fraction of sp³-hybridized carbons (Fsp3) is 0.125. The van der Waals surface area contributed by atoms with E-state index < -0.39 is 0 Å². The first kappa shape index (κ1) is 17.4. The van der Waals surface area contributed by atoms with Gasteiger partial charge < -0.3 is 9.30 Å². The first-order chi connectivity index (χ1) is 14.2. The third-order valence-corrected chi connectivity index (χ3v) is 5.37. The molecule has 0 unspecified atom stereocenters. The fourth-order valence-electron chi connectivity index (χ4n) is 3.98. The van der Waals surface area contributed by atoms with Crippen molar-refractivity contribution in [2.75, 3.05) is 7.11 Å². The van der Waals surface area contributed by atoms with Crippen LogP contribution in [0.15, 0.2) is 66.7 Å². The number of para-hydroxylation sites is 1. The highest BCUT2D eigenvalue weighted by Crippen LogP contribution is 2.33. The molecule has 0 saturated heterocycles. The Bertz CT molecular complexity index is 1290. The van der Waals surface area contributed by atoms with E-state index in [9.17, 15) is 9.59 Å². The lowest BCUT2D eigenvalue weighted by Crippen LogP contribution is -2.14. The Labute approximate surface area is 167 Å². The summed E-state index contributed by atoms with van der Waals surface area (Å²) in [6.07, 6.45) is 0.482. The summed E-state index contributed by atoms with van der Waals surface area (Å²) in [4.78, 5) is 29.0. The van der Waals surface area contributed by atoms with Crippen molar-refractivity contribution in [3.05, 3.63) is 77.9 Å². The van der Waals surface area contributed by atoms with E-state index in [-0.39, 0.29) is 11.8 Å². The standard InChI is InChI=1S/C24H18N2O3/c1-29-24(28)18-8-3-6-16(14-18)15-5-2-7-17(13-15)23-25-20-10-4-9-19-21(27)11-12-26(23)22(19)20/h2-10,13-14H,11-12H2,1H3. The van der Waals surface area contributed by atoms with Gasteiger partial charge >= 0.3 is 5.97 Å². The third-order valence-electron chi connectivity index (χ3n) is 5.37. The SMILES string of the molecule is COC(=O)c1cccc(-c2cccc(-c3nc4cccc5c4n3CCC5=O)c2)c1. The normalized spacial score (nSPS) is 12.9. The van der Waals surface area contributed by atoms with Gasteiger partial charge in [-0.1, -0.05) is 36.4 Å². The van der Waals surface area contributed by atoms with Gasteiger partial charge in [-0.15, -0.1) is 0 Å². The maximum Gasteiger partial charge on any atom is 0.337 e. The van der Waals surface area contributed by atoms with Gasteiger partial charge in [0.25, 0.3) is 0 Å². The first-order valence-corrected chi connectivity index (χ1v) is 9.47. The van der Waals surface area contributed by atoms with Gasteiger partial charge in [-0.3, -0.25) is 4.79 Å². The van der Waals surface area contributed by atoms with E-state index >= 15 is 0 Å². The number of nitrogens with zero attached hydrogens (tertiary/aromatic N) is 2. The highest BCUT2D eigenvalue weighted by atomic mass is 16.5. The summed E-state index contributed by atoms with van der Waals surface area (Å²) in [5.74, 6) is 0.665. The number of rotatable bonds is 3. The molecule has 5 nitrogen and oxygen atoms in total. The topological polar surface area (TPSA) is 61.2 Å². The van der Waals surface area contributed by atoms with Gasteiger partial charge in [0.15, 0.2) is 5.78 Å². The van der Waals surface area contributed by atoms with Crippen LogP contribution in [0.5, 0.6) is 0 Å². The minimum absolute atomic E-state index is 0.169. The molecule has 3 aromatic carbocycles. The zero-order valence-electron chi connectivity index (χ0n) is 15.9. The molecule has 5 heteroatoms. The molecule has 0 bridgehead atoms. The molecule has 0 atom stereocenters. The molecule has 142 valence electrons. The third kappa shape index (κ3) is 2.83. The number of methoxy groups -OCH3 is 1. The Hall–Kier alpha value is -3.73. The Kier molecular flexibility index (Phi) is 4.02. The minimum atomic E-state index is -0.357. The predicted octanol–water partition coefficient (Wildman–Crippen LogP) is 4.74. The summed E-state index contributed by atoms with van der Waals surface area (Å²) in [6.45, 7) is 0.629. The highest BCUT2D eigenvalue weighted by Gasteiger charge is 2.23. The zero-order valence-corrected chi connectivity index (χ0v) is 15.9. The molecular formula is C24H18N2O3. The van der Waals surface area contributed by atoms with Gasteiger partial charge in [0.05, 0.1) is 23.7 Å². The van der Waals surface area contributed by atoms with E-state index in [1.165, 1.54) is 7.11 Å². The number of carbonyl (C=O) groups is 2. The van der Waals surface area contributed by atoms with Crippen molar-refractivity contribution in [1.82, 2.24) is 9.55 Å². The highest BCUT2D eigenvalue weighted by molar-refractivity contribution is 6.08. The van der Waals surface area contributed by atoms with Crippen LogP contribution in [0.25, 0.3) is 33.5 Å². The second-order valence-corrected chi connectivity index (χ2v) is 7.09. The average Bonchev–Trinajstić information content (AvgIpc) is 3.16. The summed E-state index contributed by atoms with van der Waals surface area (Å²) in [7, 11) is 1.38. The van der Waals surface area contributed by atoms with Gasteiger partial charge in [0.2, 0.25) is 0 Å². The lowest BCUT2D eigenvalue weighted by Gasteiger charge is -2.16. The molecule has 0 spiro atoms. The monoisotopic (exact) mass is 382 g/mol. The molecule has 0 amide bonds. The Morgan fingerprint density at radius 1 is 0.966 bits per heavy atom. The van der Waals surface area contributed by atoms with Crippen LogP contribution < -0.4 is 0 Å². The largest absolute Gasteiger partial charge is 0.465 e. The van der Waals surface area contributed by atoms with Gasteiger partial charge in [-0.2, -0.15) is 0 Å². The summed E-state index contributed by atoms with van der Waals surface area (Å²) in [6, 6.07) is 21.2. The first-order valence-electron chi connectivity index (χ1n) is 9.47. The number of Topliss-reactive ketones (excluding diaryl/α,β-unsaturated/α-hetero) is 1. The molecule has 1 aliphatic heterocycles. The molecular weight excluding hydrogens is 364 g/mol. The number of hydrogen-bond acceptors (Lipinski definition) is 4. The van der Waals surface area contributed by atoms with Gasteiger partial charge in [-0.25, -0.2) is 9.78 Å². The number of benzene rings is 3. The van der Waals surface area contributed by atoms with Gasteiger partial charge in [0, 0.05) is 24.1 Å². The number of esters is 1. The summed E-state index contributed by atoms with van der Waals surface area (Å²) >= 11 is 0. The number of hydrogen-bond donors (Lipinski definition) is 0. The van der Waals surface area contributed by atoms with E-state index in [2.05, 4.69) is 10.6 Å². The maximum absolute atomic E-state index is 12.3. The van der Waals surface area contributed by atoms with E-state index in [1.807, 2.05) is 54.6 Å². The van der Waals surface area contributed by atoms with E-state index in [1.54, 1.807) is 6.07 Å². The molecule has 0 aliphatic carbocycles. The van der Waals surface area contributed by atoms with E-state index in [0.29, 0.717) is 18.5 Å². The summed E-state index contributed by atoms with van der Waals surface area (Å²) < 4.78 is 6.97. The molecule has 2 heterocycles. The number of ketones is 1.